The van der Waals surface area contributed by atoms with Crippen molar-refractivity contribution in [1.29, 1.82) is 0 Å². The van der Waals surface area contributed by atoms with E-state index in [4.69, 9.17) is 4.74 Å². The van der Waals surface area contributed by atoms with E-state index in [0.29, 0.717) is 11.7 Å². The highest BCUT2D eigenvalue weighted by molar-refractivity contribution is 5.67. The van der Waals surface area contributed by atoms with E-state index in [1.54, 1.807) is 11.0 Å². The first-order valence-electron chi connectivity index (χ1n) is 11.6. The number of aromatic hydroxyl groups is 1. The first-order chi connectivity index (χ1) is 15.5. The molecule has 2 aromatic rings. The normalized spacial score (nSPS) is 25.5. The van der Waals surface area contributed by atoms with Crippen LogP contribution in [-0.4, -0.2) is 53.7 Å². The number of hydrogen-bond donors (Lipinski definition) is 1. The van der Waals surface area contributed by atoms with E-state index in [9.17, 15) is 9.90 Å². The molecule has 0 radical (unpaired) electrons. The third-order valence-corrected chi connectivity index (χ3v) is 7.43. The highest BCUT2D eigenvalue weighted by atomic mass is 16.6. The van der Waals surface area contributed by atoms with Gasteiger partial charge in [-0.2, -0.15) is 0 Å². The molecule has 2 aliphatic rings. The van der Waals surface area contributed by atoms with Gasteiger partial charge in [0.2, 0.25) is 0 Å². The number of carbonyl (C=O) groups is 1. The number of benzene rings is 2. The van der Waals surface area contributed by atoms with Crippen LogP contribution in [0.15, 0.2) is 67.3 Å². The zero-order valence-electron chi connectivity index (χ0n) is 19.0. The summed E-state index contributed by atoms with van der Waals surface area (Å²) < 4.78 is 5.61. The number of carbonyl (C=O) groups excluding carboxylic acids is 1. The maximum Gasteiger partial charge on any atom is 0.410 e. The largest absolute Gasteiger partial charge is 0.508 e. The second-order valence-electron chi connectivity index (χ2n) is 9.29. The molecule has 1 amide bonds. The van der Waals surface area contributed by atoms with Gasteiger partial charge in [-0.05, 0) is 61.4 Å². The maximum atomic E-state index is 12.9. The van der Waals surface area contributed by atoms with Crippen molar-refractivity contribution in [2.24, 2.45) is 5.92 Å². The van der Waals surface area contributed by atoms with Crippen molar-refractivity contribution >= 4 is 6.09 Å². The molecule has 0 spiro atoms. The molecule has 4 rings (SSSR count). The van der Waals surface area contributed by atoms with Crippen molar-refractivity contribution in [1.82, 2.24) is 9.80 Å². The second-order valence-corrected chi connectivity index (χ2v) is 9.29. The Morgan fingerprint density at radius 3 is 2.81 bits per heavy atom. The second kappa shape index (κ2) is 9.78. The third kappa shape index (κ3) is 4.68. The zero-order chi connectivity index (χ0) is 22.6. The van der Waals surface area contributed by atoms with Crippen LogP contribution in [-0.2, 0) is 16.8 Å². The summed E-state index contributed by atoms with van der Waals surface area (Å²) >= 11 is 0. The van der Waals surface area contributed by atoms with Gasteiger partial charge in [0.05, 0.1) is 0 Å². The summed E-state index contributed by atoms with van der Waals surface area (Å²) in [7, 11) is 1.86. The highest BCUT2D eigenvalue weighted by Crippen LogP contribution is 2.50. The molecule has 2 aromatic carbocycles. The van der Waals surface area contributed by atoms with Crippen molar-refractivity contribution in [3.63, 3.8) is 0 Å². The minimum Gasteiger partial charge on any atom is -0.508 e. The summed E-state index contributed by atoms with van der Waals surface area (Å²) in [6.45, 7) is 7.11. The number of piperidine rings is 1. The molecule has 0 bridgehead atoms. The van der Waals surface area contributed by atoms with E-state index < -0.39 is 0 Å². The summed E-state index contributed by atoms with van der Waals surface area (Å²) in [6, 6.07) is 17.6. The molecule has 0 aromatic heterocycles. The molecule has 1 N–H and O–H groups in total. The van der Waals surface area contributed by atoms with Crippen LogP contribution in [0, 0.1) is 5.92 Å². The number of likely N-dealkylation sites (tertiary alicyclic amines) is 1. The number of rotatable bonds is 6. The average molecular weight is 435 g/mol. The lowest BCUT2D eigenvalue weighted by Crippen LogP contribution is -2.56. The Hall–Kier alpha value is -2.79. The van der Waals surface area contributed by atoms with Gasteiger partial charge in [0.15, 0.2) is 0 Å². The Balaban J connectivity index is 1.51. The van der Waals surface area contributed by atoms with Crippen LogP contribution in [0.4, 0.5) is 4.79 Å². The van der Waals surface area contributed by atoms with Crippen LogP contribution in [0.5, 0.6) is 5.75 Å². The molecule has 3 atom stereocenters. The number of phenols is 1. The van der Waals surface area contributed by atoms with Crippen molar-refractivity contribution in [2.45, 2.75) is 43.7 Å². The molecule has 1 saturated heterocycles. The number of fused-ring (bicyclic) bond motifs is 1. The molecule has 170 valence electrons. The summed E-state index contributed by atoms with van der Waals surface area (Å²) in [5.74, 6) is 0.796. The SMILES string of the molecule is C=CCN1CCC2(c3cccc(O)c3)CC(N(C)C(=O)OCc3ccccc3)CCC2C1. The molecule has 1 aliphatic carbocycles. The molecule has 3 unspecified atom stereocenters. The smallest absolute Gasteiger partial charge is 0.410 e. The van der Waals surface area contributed by atoms with Crippen molar-refractivity contribution in [3.05, 3.63) is 78.4 Å². The number of nitrogens with zero attached hydrogens (tertiary/aromatic N) is 2. The van der Waals surface area contributed by atoms with Crippen LogP contribution in [0.2, 0.25) is 0 Å². The van der Waals surface area contributed by atoms with E-state index in [1.807, 2.05) is 55.6 Å². The Morgan fingerprint density at radius 2 is 2.06 bits per heavy atom. The van der Waals surface area contributed by atoms with Crippen LogP contribution >= 0.6 is 0 Å². The summed E-state index contributed by atoms with van der Waals surface area (Å²) in [5.41, 5.74) is 2.13. The van der Waals surface area contributed by atoms with Gasteiger partial charge >= 0.3 is 6.09 Å². The zero-order valence-corrected chi connectivity index (χ0v) is 19.0. The minimum atomic E-state index is -0.271. The Kier molecular flexibility index (Phi) is 6.85. The standard InChI is InChI=1S/C27H34N2O3/c1-3-15-29-16-14-27(22-10-7-11-25(30)17-22)18-24(13-12-23(27)19-29)28(2)26(31)32-20-21-8-5-4-6-9-21/h3-11,17,23-24,30H,1,12-16,18-20H2,2H3. The van der Waals surface area contributed by atoms with Gasteiger partial charge in [-0.15, -0.1) is 6.58 Å². The summed E-state index contributed by atoms with van der Waals surface area (Å²) in [6.07, 6.45) is 5.61. The summed E-state index contributed by atoms with van der Waals surface area (Å²) in [5, 5.41) is 10.2. The fourth-order valence-electron chi connectivity index (χ4n) is 5.65. The number of amides is 1. The van der Waals surface area contributed by atoms with E-state index in [0.717, 1.165) is 50.9 Å². The fraction of sp³-hybridized carbons (Fsp3) is 0.444. The Bertz CT molecular complexity index is 932. The Morgan fingerprint density at radius 1 is 1.25 bits per heavy atom. The quantitative estimate of drug-likeness (QED) is 0.653. The lowest BCUT2D eigenvalue weighted by atomic mass is 9.58. The van der Waals surface area contributed by atoms with Gasteiger partial charge in [0.1, 0.15) is 12.4 Å². The predicted octanol–water partition coefficient (Wildman–Crippen LogP) is 4.96. The van der Waals surface area contributed by atoms with Gasteiger partial charge in [-0.3, -0.25) is 4.90 Å². The van der Waals surface area contributed by atoms with Crippen molar-refractivity contribution in [3.8, 4) is 5.75 Å². The first kappa shape index (κ1) is 22.4. The minimum absolute atomic E-state index is 0.0483. The van der Waals surface area contributed by atoms with Gasteiger partial charge < -0.3 is 14.7 Å². The van der Waals surface area contributed by atoms with Gasteiger partial charge in [-0.1, -0.05) is 48.5 Å². The monoisotopic (exact) mass is 434 g/mol. The van der Waals surface area contributed by atoms with Gasteiger partial charge in [0.25, 0.3) is 0 Å². The van der Waals surface area contributed by atoms with Crippen LogP contribution in [0.3, 0.4) is 0 Å². The topological polar surface area (TPSA) is 53.0 Å². The number of ether oxygens (including phenoxy) is 1. The molecule has 1 saturated carbocycles. The van der Waals surface area contributed by atoms with Crippen molar-refractivity contribution < 1.29 is 14.6 Å². The lowest BCUT2D eigenvalue weighted by Gasteiger charge is -2.54. The molecule has 2 fully saturated rings. The first-order valence-corrected chi connectivity index (χ1v) is 11.6. The van der Waals surface area contributed by atoms with Gasteiger partial charge in [-0.25, -0.2) is 4.79 Å². The van der Waals surface area contributed by atoms with E-state index >= 15 is 0 Å². The van der Waals surface area contributed by atoms with Crippen LogP contribution < -0.4 is 0 Å². The molecular formula is C27H34N2O3. The molecule has 5 heteroatoms. The van der Waals surface area contributed by atoms with Crippen LogP contribution in [0.1, 0.15) is 36.8 Å². The Labute approximate surface area is 191 Å². The molecular weight excluding hydrogens is 400 g/mol. The maximum absolute atomic E-state index is 12.9. The number of hydrogen-bond acceptors (Lipinski definition) is 4. The lowest BCUT2D eigenvalue weighted by molar-refractivity contribution is 0.0183. The van der Waals surface area contributed by atoms with E-state index in [1.165, 1.54) is 5.56 Å². The average Bonchev–Trinajstić information content (AvgIpc) is 2.82. The fourth-order valence-corrected chi connectivity index (χ4v) is 5.65. The van der Waals surface area contributed by atoms with Crippen LogP contribution in [0.25, 0.3) is 0 Å². The van der Waals surface area contributed by atoms with E-state index in [2.05, 4.69) is 17.5 Å². The molecule has 1 heterocycles. The third-order valence-electron chi connectivity index (χ3n) is 7.43. The molecule has 1 aliphatic heterocycles. The van der Waals surface area contributed by atoms with E-state index in [-0.39, 0.29) is 24.2 Å². The molecule has 5 nitrogen and oxygen atoms in total. The van der Waals surface area contributed by atoms with Crippen molar-refractivity contribution in [2.75, 3.05) is 26.7 Å². The van der Waals surface area contributed by atoms with Gasteiger partial charge in [0, 0.05) is 31.6 Å². The number of phenolic OH excluding ortho intramolecular Hbond substituents is 1. The molecule has 32 heavy (non-hydrogen) atoms. The summed E-state index contributed by atoms with van der Waals surface area (Å²) in [4.78, 5) is 17.1. The highest BCUT2D eigenvalue weighted by Gasteiger charge is 2.49. The predicted molar refractivity (Wildman–Crippen MR) is 127 cm³/mol.